The van der Waals surface area contributed by atoms with Crippen LogP contribution >= 0.6 is 0 Å². The van der Waals surface area contributed by atoms with Gasteiger partial charge in [0.1, 0.15) is 29.8 Å². The number of hydrogen-bond donors (Lipinski definition) is 5. The summed E-state index contributed by atoms with van der Waals surface area (Å²) in [5.41, 5.74) is -2.60. The van der Waals surface area contributed by atoms with Crippen LogP contribution in [0.4, 0.5) is 0 Å². The Morgan fingerprint density at radius 3 is 2.23 bits per heavy atom. The van der Waals surface area contributed by atoms with E-state index in [1.807, 2.05) is 32.8 Å². The molecular weight excluding hydrogens is 680 g/mol. The molecule has 4 rings (SSSR count). The topological polar surface area (TPSA) is 198 Å². The van der Waals surface area contributed by atoms with E-state index in [0.717, 1.165) is 0 Å². The molecule has 0 aliphatic carbocycles. The van der Waals surface area contributed by atoms with Crippen LogP contribution in [0.15, 0.2) is 5.16 Å². The fourth-order valence-corrected chi connectivity index (χ4v) is 9.02. The molecular formula is C37H66N2O13. The van der Waals surface area contributed by atoms with Crippen molar-refractivity contribution in [1.82, 2.24) is 4.90 Å². The first-order valence-corrected chi connectivity index (χ1v) is 18.9. The van der Waals surface area contributed by atoms with Gasteiger partial charge >= 0.3 is 5.97 Å². The third-order valence-corrected chi connectivity index (χ3v) is 12.2. The number of cyclic esters (lactones) is 1. The van der Waals surface area contributed by atoms with Crippen LogP contribution in [0.1, 0.15) is 88.0 Å². The third-order valence-electron chi connectivity index (χ3n) is 12.2. The van der Waals surface area contributed by atoms with E-state index in [0.29, 0.717) is 12.8 Å². The van der Waals surface area contributed by atoms with Gasteiger partial charge in [-0.05, 0) is 61.1 Å². The molecule has 0 amide bonds. The molecule has 0 bridgehead atoms. The Morgan fingerprint density at radius 2 is 1.65 bits per heavy atom. The lowest BCUT2D eigenvalue weighted by atomic mass is 9.74. The number of carbonyl (C=O) groups excluding carboxylic acids is 1. The summed E-state index contributed by atoms with van der Waals surface area (Å²) in [6.45, 7) is 15.6. The number of rotatable bonds is 5. The number of esters is 1. The van der Waals surface area contributed by atoms with E-state index in [-0.39, 0.29) is 37.3 Å². The molecule has 15 heteroatoms. The van der Waals surface area contributed by atoms with Gasteiger partial charge in [0.25, 0.3) is 5.97 Å². The maximum Gasteiger partial charge on any atom is 0.314 e. The van der Waals surface area contributed by atoms with E-state index in [9.17, 15) is 30.4 Å². The third kappa shape index (κ3) is 8.65. The quantitative estimate of drug-likeness (QED) is 0.156. The number of oxime groups is 1. The van der Waals surface area contributed by atoms with E-state index in [1.54, 1.807) is 48.5 Å². The fraction of sp³-hybridized carbons (Fsp3) is 0.946. The number of fused-ring (bicyclic) bond motifs is 1. The number of carbonyl (C=O) groups is 1. The summed E-state index contributed by atoms with van der Waals surface area (Å²) in [6, 6.07) is -0.310. The monoisotopic (exact) mass is 746 g/mol. The minimum absolute atomic E-state index is 0.00444. The molecule has 15 nitrogen and oxygen atoms in total. The number of likely N-dealkylation sites (N-methyl/N-ethyl adjacent to an activating group) is 1. The summed E-state index contributed by atoms with van der Waals surface area (Å²) in [5.74, 6) is -6.02. The van der Waals surface area contributed by atoms with Crippen LogP contribution in [-0.2, 0) is 38.0 Å². The van der Waals surface area contributed by atoms with Gasteiger partial charge in [-0.2, -0.15) is 0 Å². The molecule has 0 unspecified atom stereocenters. The van der Waals surface area contributed by atoms with Crippen molar-refractivity contribution in [2.24, 2.45) is 34.7 Å². The molecule has 0 aromatic rings. The van der Waals surface area contributed by atoms with Gasteiger partial charge in [0.15, 0.2) is 6.29 Å². The summed E-state index contributed by atoms with van der Waals surface area (Å²) in [5, 5.41) is 60.4. The minimum Gasteiger partial charge on any atom is -0.462 e. The van der Waals surface area contributed by atoms with Crippen molar-refractivity contribution in [3.8, 4) is 0 Å². The Bertz CT molecular complexity index is 1240. The van der Waals surface area contributed by atoms with Crippen LogP contribution in [0.2, 0.25) is 0 Å². The van der Waals surface area contributed by atoms with Crippen molar-refractivity contribution in [3.63, 3.8) is 0 Å². The van der Waals surface area contributed by atoms with Crippen LogP contribution in [0.3, 0.4) is 0 Å². The first kappa shape index (κ1) is 43.2. The molecule has 5 N–H and O–H groups in total. The highest BCUT2D eigenvalue weighted by Gasteiger charge is 2.60. The van der Waals surface area contributed by atoms with Crippen molar-refractivity contribution in [2.45, 2.75) is 166 Å². The van der Waals surface area contributed by atoms with E-state index in [4.69, 9.17) is 33.2 Å². The molecule has 0 aromatic carbocycles. The molecule has 1 spiro atoms. The lowest BCUT2D eigenvalue weighted by Crippen LogP contribution is -2.67. The number of ether oxygens (including phenoxy) is 7. The second kappa shape index (κ2) is 16.7. The molecule has 0 radical (unpaired) electrons. The Morgan fingerprint density at radius 1 is 1.00 bits per heavy atom. The minimum atomic E-state index is -1.75. The summed E-state index contributed by atoms with van der Waals surface area (Å²) in [6.07, 6.45) is -7.45. The molecule has 0 aromatic heterocycles. The number of hydrogen-bond acceptors (Lipinski definition) is 15. The van der Waals surface area contributed by atoms with E-state index in [1.165, 1.54) is 7.11 Å². The lowest BCUT2D eigenvalue weighted by molar-refractivity contribution is -0.474. The average Bonchev–Trinajstić information content (AvgIpc) is 3.08. The SMILES string of the molecule is CC[C@H]1OC(=O)[C@H]2CO[C@@]3(C[C@@](C)(OC)[C@@H](O)[C@H](C)O3)O[C@H]2[C@H](C)[C@@H](O[C@H]2O[C@H](C)C[C@H](N(C)C)[C@H]2O)[C@](C)(O)C[C@@H](C)/C(=N\O)[C@H](C)[C@@H](O)[C@H]1C. The first-order chi connectivity index (χ1) is 24.2. The number of aliphatic hydroxyl groups is 4. The molecule has 4 aliphatic heterocycles. The van der Waals surface area contributed by atoms with E-state index in [2.05, 4.69) is 5.16 Å². The second-order valence-electron chi connectivity index (χ2n) is 16.6. The average molecular weight is 747 g/mol. The summed E-state index contributed by atoms with van der Waals surface area (Å²) in [4.78, 5) is 16.2. The zero-order chi connectivity index (χ0) is 39.1. The maximum absolute atomic E-state index is 14.3. The first-order valence-electron chi connectivity index (χ1n) is 18.9. The van der Waals surface area contributed by atoms with Crippen molar-refractivity contribution in [2.75, 3.05) is 27.8 Å². The molecule has 52 heavy (non-hydrogen) atoms. The van der Waals surface area contributed by atoms with Crippen molar-refractivity contribution in [1.29, 1.82) is 0 Å². The summed E-state index contributed by atoms with van der Waals surface area (Å²) >= 11 is 0. The van der Waals surface area contributed by atoms with Crippen molar-refractivity contribution >= 4 is 11.7 Å². The van der Waals surface area contributed by atoms with E-state index >= 15 is 0 Å². The normalized spacial score (nSPS) is 50.8. The van der Waals surface area contributed by atoms with Gasteiger partial charge in [0, 0.05) is 36.8 Å². The number of nitrogens with zero attached hydrogens (tertiary/aromatic N) is 2. The predicted molar refractivity (Wildman–Crippen MR) is 188 cm³/mol. The fourth-order valence-electron chi connectivity index (χ4n) is 9.02. The molecule has 4 heterocycles. The molecule has 4 fully saturated rings. The van der Waals surface area contributed by atoms with Crippen molar-refractivity contribution in [3.05, 3.63) is 0 Å². The lowest BCUT2D eigenvalue weighted by Gasteiger charge is -2.55. The molecule has 0 saturated carbocycles. The molecule has 4 aliphatic rings. The van der Waals surface area contributed by atoms with Crippen molar-refractivity contribution < 1.29 is 63.6 Å². The highest BCUT2D eigenvalue weighted by molar-refractivity contribution is 5.88. The molecule has 4 saturated heterocycles. The van der Waals surface area contributed by atoms with Crippen LogP contribution < -0.4 is 0 Å². The number of aliphatic hydroxyl groups excluding tert-OH is 3. The van der Waals surface area contributed by atoms with Gasteiger partial charge in [0.2, 0.25) is 0 Å². The van der Waals surface area contributed by atoms with Crippen LogP contribution in [-0.4, -0.2) is 148 Å². The van der Waals surface area contributed by atoms with Crippen LogP contribution in [0.5, 0.6) is 0 Å². The van der Waals surface area contributed by atoms with E-state index < -0.39 is 102 Å². The standard InChI is InChI=1S/C37H66N2O13/c1-13-26-20(4)28(40)21(5)27(38-45)18(2)15-35(8,44)32(50-34-29(41)25(39(10)11)14-19(3)48-34)22(6)30-24(33(43)49-26)16-47-37(52-30)17-36(9,46-12)31(42)23(7)51-37/h18-26,28-32,34,40-42,44-45H,13-17H2,1-12H3/b38-27+/t18-,19-,20+,21+,22+,23+,24+,25+,26-,28+,29-,30+,31+,32-,34-,35-,36-,37-/m1/s1. The summed E-state index contributed by atoms with van der Waals surface area (Å²) < 4.78 is 44.0. The Balaban J connectivity index is 1.86. The molecule has 18 atom stereocenters. The highest BCUT2D eigenvalue weighted by atomic mass is 16.9. The molecule has 302 valence electrons. The maximum atomic E-state index is 14.3. The van der Waals surface area contributed by atoms with Gasteiger partial charge in [-0.15, -0.1) is 0 Å². The zero-order valence-electron chi connectivity index (χ0n) is 33.1. The van der Waals surface area contributed by atoms with Gasteiger partial charge in [-0.1, -0.05) is 39.8 Å². The Labute approximate surface area is 308 Å². The van der Waals surface area contributed by atoms with Gasteiger partial charge in [-0.3, -0.25) is 4.79 Å². The smallest absolute Gasteiger partial charge is 0.314 e. The predicted octanol–water partition coefficient (Wildman–Crippen LogP) is 2.27. The van der Waals surface area contributed by atoms with Gasteiger partial charge < -0.3 is 63.7 Å². The van der Waals surface area contributed by atoms with Crippen LogP contribution in [0.25, 0.3) is 0 Å². The Kier molecular flexibility index (Phi) is 13.9. The van der Waals surface area contributed by atoms with Crippen LogP contribution in [0, 0.1) is 29.6 Å². The highest BCUT2D eigenvalue weighted by Crippen LogP contribution is 2.47. The second-order valence-corrected chi connectivity index (χ2v) is 16.6. The zero-order valence-corrected chi connectivity index (χ0v) is 33.1. The largest absolute Gasteiger partial charge is 0.462 e. The summed E-state index contributed by atoms with van der Waals surface area (Å²) in [7, 11) is 5.21. The van der Waals surface area contributed by atoms with Gasteiger partial charge in [0.05, 0.1) is 54.9 Å². The van der Waals surface area contributed by atoms with Gasteiger partial charge in [-0.25, -0.2) is 0 Å². The number of methoxy groups -OCH3 is 1. The Hall–Kier alpha value is -1.50.